The van der Waals surface area contributed by atoms with Gasteiger partial charge in [-0.15, -0.1) is 11.8 Å². The fourth-order valence-electron chi connectivity index (χ4n) is 6.22. The van der Waals surface area contributed by atoms with Crippen LogP contribution < -0.4 is 26.6 Å². The molecule has 0 aromatic rings. The molecule has 14 amide bonds. The SMILES string of the molecule is C/C=C/C[C@@H](C)CCC(=O)N[C@@H](CC)C(=O)N(C)[C@H](SCC[C@H](CO)CCCN(CC)CC)C(=O)N(C)[C@@H](CC(C)(C)O)C(=O)NC(=O)N(C)C(=O)NC(=O)NC(=O)N(C)C(=O)NC. The third-order valence-corrected chi connectivity index (χ3v) is 11.9. The van der Waals surface area contributed by atoms with Gasteiger partial charge in [-0.2, -0.15) is 0 Å². The Hall–Kier alpha value is -4.80. The molecular weight excluding hydrogens is 853 g/mol. The van der Waals surface area contributed by atoms with Crippen LogP contribution in [-0.2, 0) is 19.2 Å². The average molecular weight is 929 g/mol. The van der Waals surface area contributed by atoms with Crippen molar-refractivity contribution in [3.8, 4) is 0 Å². The van der Waals surface area contributed by atoms with Crippen molar-refractivity contribution in [1.82, 2.24) is 51.1 Å². The molecule has 0 aromatic heterocycles. The Balaban J connectivity index is 6.47. The monoisotopic (exact) mass is 929 g/mol. The van der Waals surface area contributed by atoms with Gasteiger partial charge in [0.05, 0.1) is 5.60 Å². The van der Waals surface area contributed by atoms with E-state index in [1.807, 2.05) is 31.3 Å². The first-order valence-electron chi connectivity index (χ1n) is 21.7. The average Bonchev–Trinajstić information content (AvgIpc) is 3.25. The molecule has 0 spiro atoms. The Labute approximate surface area is 383 Å². The Morgan fingerprint density at radius 1 is 0.781 bits per heavy atom. The molecule has 22 heteroatoms. The second-order valence-corrected chi connectivity index (χ2v) is 17.5. The lowest BCUT2D eigenvalue weighted by atomic mass is 9.97. The van der Waals surface area contributed by atoms with Crippen molar-refractivity contribution in [2.24, 2.45) is 11.8 Å². The Morgan fingerprint density at radius 3 is 1.84 bits per heavy atom. The molecule has 0 bridgehead atoms. The first kappa shape index (κ1) is 59.2. The van der Waals surface area contributed by atoms with Gasteiger partial charge in [0.1, 0.15) is 12.1 Å². The number of hydrogen-bond acceptors (Lipinski definition) is 13. The number of aliphatic hydroxyl groups is 2. The predicted molar refractivity (Wildman–Crippen MR) is 245 cm³/mol. The molecule has 0 unspecified atom stereocenters. The summed E-state index contributed by atoms with van der Waals surface area (Å²) >= 11 is 1.10. The number of rotatable bonds is 25. The van der Waals surface area contributed by atoms with Gasteiger partial charge in [0.15, 0.2) is 5.37 Å². The highest BCUT2D eigenvalue weighted by Crippen LogP contribution is 2.25. The summed E-state index contributed by atoms with van der Waals surface area (Å²) in [6.45, 7) is 15.2. The summed E-state index contributed by atoms with van der Waals surface area (Å²) in [6, 6.07) is -8.73. The van der Waals surface area contributed by atoms with Gasteiger partial charge >= 0.3 is 30.2 Å². The van der Waals surface area contributed by atoms with Gasteiger partial charge in [0.25, 0.3) is 11.8 Å². The molecule has 0 fully saturated rings. The lowest BCUT2D eigenvalue weighted by Crippen LogP contribution is -2.59. The Bertz CT molecular complexity index is 1590. The molecule has 0 rings (SSSR count). The van der Waals surface area contributed by atoms with Crippen molar-refractivity contribution in [1.29, 1.82) is 0 Å². The maximum absolute atomic E-state index is 14.6. The van der Waals surface area contributed by atoms with Gasteiger partial charge in [0, 0.05) is 54.7 Å². The number of carbonyl (C=O) groups excluding carboxylic acids is 9. The largest absolute Gasteiger partial charge is 0.396 e. The molecule has 0 aromatic carbocycles. The van der Waals surface area contributed by atoms with Gasteiger partial charge < -0.3 is 35.5 Å². The number of nitrogens with zero attached hydrogens (tertiary/aromatic N) is 5. The molecule has 5 atom stereocenters. The minimum Gasteiger partial charge on any atom is -0.396 e. The molecule has 0 heterocycles. The van der Waals surface area contributed by atoms with E-state index in [0.717, 1.165) is 69.7 Å². The van der Waals surface area contributed by atoms with E-state index in [1.54, 1.807) is 17.6 Å². The van der Waals surface area contributed by atoms with Crippen LogP contribution in [0.25, 0.3) is 0 Å². The lowest BCUT2D eigenvalue weighted by molar-refractivity contribution is -0.146. The number of urea groups is 5. The van der Waals surface area contributed by atoms with Crippen molar-refractivity contribution in [3.05, 3.63) is 12.2 Å². The van der Waals surface area contributed by atoms with Crippen LogP contribution in [0.5, 0.6) is 0 Å². The molecule has 0 saturated carbocycles. The minimum absolute atomic E-state index is 0.0878. The van der Waals surface area contributed by atoms with E-state index in [9.17, 15) is 53.4 Å². The topological polar surface area (TPSA) is 270 Å². The summed E-state index contributed by atoms with van der Waals surface area (Å²) in [6.07, 6.45) is 7.42. The maximum Gasteiger partial charge on any atom is 0.333 e. The molecule has 64 heavy (non-hydrogen) atoms. The van der Waals surface area contributed by atoms with E-state index in [-0.39, 0.29) is 37.2 Å². The highest BCUT2D eigenvalue weighted by Gasteiger charge is 2.40. The van der Waals surface area contributed by atoms with Crippen molar-refractivity contribution >= 4 is 65.5 Å². The van der Waals surface area contributed by atoms with E-state index in [2.05, 4.69) is 29.4 Å². The van der Waals surface area contributed by atoms with Crippen LogP contribution in [-0.4, -0.2) is 179 Å². The van der Waals surface area contributed by atoms with Crippen LogP contribution >= 0.6 is 11.8 Å². The van der Waals surface area contributed by atoms with Crippen molar-refractivity contribution < 1.29 is 53.4 Å². The Morgan fingerprint density at radius 2 is 1.34 bits per heavy atom. The first-order valence-corrected chi connectivity index (χ1v) is 22.8. The summed E-state index contributed by atoms with van der Waals surface area (Å²) in [5.74, 6) is -2.31. The van der Waals surface area contributed by atoms with Gasteiger partial charge in [-0.1, -0.05) is 39.8 Å². The number of aliphatic hydroxyl groups excluding tert-OH is 1. The Kier molecular flexibility index (Phi) is 28.1. The summed E-state index contributed by atoms with van der Waals surface area (Å²) < 4.78 is 0. The zero-order valence-electron chi connectivity index (χ0n) is 39.9. The second-order valence-electron chi connectivity index (χ2n) is 16.3. The smallest absolute Gasteiger partial charge is 0.333 e. The van der Waals surface area contributed by atoms with E-state index in [1.165, 1.54) is 39.9 Å². The quantitative estimate of drug-likeness (QED) is 0.0514. The highest BCUT2D eigenvalue weighted by atomic mass is 32.2. The molecule has 0 radical (unpaired) electrons. The van der Waals surface area contributed by atoms with Gasteiger partial charge in [-0.05, 0) is 96.5 Å². The summed E-state index contributed by atoms with van der Waals surface area (Å²) in [5, 5.41) is 30.2. The van der Waals surface area contributed by atoms with Crippen LogP contribution in [0.3, 0.4) is 0 Å². The molecular formula is C42H76N10O11S. The molecule has 366 valence electrons. The predicted octanol–water partition coefficient (Wildman–Crippen LogP) is 2.87. The third-order valence-electron chi connectivity index (χ3n) is 10.5. The highest BCUT2D eigenvalue weighted by molar-refractivity contribution is 8.00. The summed E-state index contributed by atoms with van der Waals surface area (Å²) in [4.78, 5) is 123. The normalized spacial score (nSPS) is 13.7. The molecule has 0 saturated heterocycles. The lowest BCUT2D eigenvalue weighted by Gasteiger charge is -2.37. The standard InChI is InChI=1S/C42H76N10O11S/c1-13-17-19-28(5)21-22-32(54)44-30(14-2)34(56)49(10)36(64-25-23-29(27-53)20-18-24-52(15-3)16-4)35(57)48(9)31(26-42(6,7)63)33(55)45-39(60)51(12)41(62)47-37(58)46-40(61)50(11)38(59)43-8/h13,17,28-31,36,53,63H,14-16,18-27H2,1-12H3,(H,43,59)(H,44,54)(H,45,55,60)(H2,46,47,58,61,62)/b17-13+/t28-,29-,30+,31+,36-/m1/s1. The van der Waals surface area contributed by atoms with E-state index < -0.39 is 77.4 Å². The van der Waals surface area contributed by atoms with Crippen molar-refractivity contribution in [2.75, 3.05) is 67.2 Å². The number of nitrogens with one attached hydrogen (secondary N) is 5. The van der Waals surface area contributed by atoms with Gasteiger partial charge in [-0.25, -0.2) is 33.8 Å². The second kappa shape index (κ2) is 30.4. The number of allylic oxidation sites excluding steroid dienone is 2. The molecule has 21 nitrogen and oxygen atoms in total. The molecule has 7 N–H and O–H groups in total. The third kappa shape index (κ3) is 21.7. The maximum atomic E-state index is 14.6. The number of thioether (sulfide) groups is 1. The number of carbonyl (C=O) groups is 9. The van der Waals surface area contributed by atoms with Crippen LogP contribution in [0.1, 0.15) is 99.8 Å². The fourth-order valence-corrected chi connectivity index (χ4v) is 7.55. The summed E-state index contributed by atoms with van der Waals surface area (Å²) in [7, 11) is 5.88. The number of likely N-dealkylation sites (N-methyl/N-ethyl adjacent to an activating group) is 2. The zero-order valence-corrected chi connectivity index (χ0v) is 40.8. The van der Waals surface area contributed by atoms with E-state index in [4.69, 9.17) is 0 Å². The van der Waals surface area contributed by atoms with Crippen molar-refractivity contribution in [2.45, 2.75) is 123 Å². The summed E-state index contributed by atoms with van der Waals surface area (Å²) in [5.41, 5.74) is -1.60. The molecule has 0 aliphatic carbocycles. The molecule has 0 aliphatic rings. The first-order chi connectivity index (χ1) is 29.9. The van der Waals surface area contributed by atoms with Crippen LogP contribution in [0.4, 0.5) is 24.0 Å². The number of amides is 14. The zero-order chi connectivity index (χ0) is 49.3. The van der Waals surface area contributed by atoms with Crippen LogP contribution in [0.2, 0.25) is 0 Å². The van der Waals surface area contributed by atoms with Crippen LogP contribution in [0.15, 0.2) is 12.2 Å². The number of hydrogen-bond donors (Lipinski definition) is 7. The minimum atomic E-state index is -1.60. The van der Waals surface area contributed by atoms with Gasteiger partial charge in [-0.3, -0.25) is 35.1 Å². The number of imide groups is 5. The van der Waals surface area contributed by atoms with E-state index >= 15 is 0 Å². The van der Waals surface area contributed by atoms with E-state index in [0.29, 0.717) is 28.4 Å². The molecule has 0 aliphatic heterocycles. The fraction of sp³-hybridized carbons (Fsp3) is 0.738. The van der Waals surface area contributed by atoms with Gasteiger partial charge in [0.2, 0.25) is 11.8 Å². The van der Waals surface area contributed by atoms with Crippen LogP contribution in [0, 0.1) is 11.8 Å². The van der Waals surface area contributed by atoms with Crippen molar-refractivity contribution in [3.63, 3.8) is 0 Å².